The van der Waals surface area contributed by atoms with Crippen LogP contribution in [0.4, 0.5) is 0 Å². The van der Waals surface area contributed by atoms with Crippen molar-refractivity contribution < 1.29 is 29.7 Å². The lowest BCUT2D eigenvalue weighted by molar-refractivity contribution is -0.167. The number of carboxylic acids is 2. The lowest BCUT2D eigenvalue weighted by atomic mass is 9.53. The number of carbonyl (C=O) groups excluding carboxylic acids is 1. The molecule has 0 aromatic rings. The molecule has 0 radical (unpaired) electrons. The van der Waals surface area contributed by atoms with Crippen LogP contribution in [0.25, 0.3) is 0 Å². The molecule has 1 spiro atoms. The number of carboxylic acid groups (broad SMARTS) is 2. The van der Waals surface area contributed by atoms with E-state index >= 15 is 0 Å². The number of carbonyl (C=O) groups is 3. The highest BCUT2D eigenvalue weighted by Gasteiger charge is 2.78. The number of hydrogen-bond acceptors (Lipinski definition) is 4. The molecule has 0 amide bonds. The van der Waals surface area contributed by atoms with Gasteiger partial charge in [0.25, 0.3) is 0 Å². The van der Waals surface area contributed by atoms with E-state index in [1.54, 1.807) is 6.92 Å². The van der Waals surface area contributed by atoms with Crippen molar-refractivity contribution >= 4 is 18.2 Å². The average molecular weight is 362 g/mol. The third-order valence-electron chi connectivity index (χ3n) is 8.51. The van der Waals surface area contributed by atoms with Crippen molar-refractivity contribution in [3.63, 3.8) is 0 Å². The van der Waals surface area contributed by atoms with E-state index in [0.717, 1.165) is 6.29 Å². The van der Waals surface area contributed by atoms with E-state index in [2.05, 4.69) is 6.58 Å². The largest absolute Gasteiger partial charge is 0.481 e. The summed E-state index contributed by atoms with van der Waals surface area (Å²) in [7, 11) is 0. The summed E-state index contributed by atoms with van der Waals surface area (Å²) in [6.45, 7) is 5.62. The molecule has 4 fully saturated rings. The molecule has 0 heterocycles. The number of aliphatic hydroxyl groups is 1. The molecule has 6 nitrogen and oxygen atoms in total. The fourth-order valence-corrected chi connectivity index (χ4v) is 7.63. The van der Waals surface area contributed by atoms with Gasteiger partial charge in [0.05, 0.1) is 16.9 Å². The van der Waals surface area contributed by atoms with Crippen molar-refractivity contribution in [2.24, 2.45) is 34.0 Å². The summed E-state index contributed by atoms with van der Waals surface area (Å²) in [6, 6.07) is 0. The van der Waals surface area contributed by atoms with Crippen LogP contribution < -0.4 is 0 Å². The van der Waals surface area contributed by atoms with E-state index in [1.807, 2.05) is 0 Å². The molecule has 0 aliphatic heterocycles. The van der Waals surface area contributed by atoms with Crippen molar-refractivity contribution in [1.29, 1.82) is 0 Å². The lowest BCUT2D eigenvalue weighted by Crippen LogP contribution is -2.52. The quantitative estimate of drug-likeness (QED) is 0.524. The molecule has 0 aromatic carbocycles. The van der Waals surface area contributed by atoms with E-state index < -0.39 is 45.6 Å². The lowest BCUT2D eigenvalue weighted by Gasteiger charge is -2.49. The smallest absolute Gasteiger partial charge is 0.309 e. The molecule has 3 unspecified atom stereocenters. The van der Waals surface area contributed by atoms with Crippen LogP contribution in [0.1, 0.15) is 51.9 Å². The highest BCUT2D eigenvalue weighted by molar-refractivity contribution is 5.82. The Labute approximate surface area is 152 Å². The predicted molar refractivity (Wildman–Crippen MR) is 91.2 cm³/mol. The first-order chi connectivity index (χ1) is 12.1. The maximum Gasteiger partial charge on any atom is 0.309 e. The molecule has 2 bridgehead atoms. The summed E-state index contributed by atoms with van der Waals surface area (Å²) in [6.07, 6.45) is 4.04. The Morgan fingerprint density at radius 3 is 2.50 bits per heavy atom. The third-order valence-corrected chi connectivity index (χ3v) is 8.51. The van der Waals surface area contributed by atoms with E-state index in [1.165, 1.54) is 0 Å². The second kappa shape index (κ2) is 4.97. The average Bonchev–Trinajstić information content (AvgIpc) is 2.92. The van der Waals surface area contributed by atoms with Gasteiger partial charge in [0.1, 0.15) is 6.29 Å². The number of fused-ring (bicyclic) bond motifs is 3. The van der Waals surface area contributed by atoms with Gasteiger partial charge in [0, 0.05) is 11.3 Å². The molecule has 4 aliphatic carbocycles. The van der Waals surface area contributed by atoms with Crippen LogP contribution in [-0.4, -0.2) is 39.1 Å². The molecule has 26 heavy (non-hydrogen) atoms. The molecule has 6 heteroatoms. The highest BCUT2D eigenvalue weighted by Crippen LogP contribution is 2.77. The van der Waals surface area contributed by atoms with Gasteiger partial charge in [0.2, 0.25) is 0 Å². The zero-order chi connectivity index (χ0) is 19.1. The summed E-state index contributed by atoms with van der Waals surface area (Å²) in [5.74, 6) is -3.99. The van der Waals surface area contributed by atoms with Crippen LogP contribution in [-0.2, 0) is 14.4 Å². The summed E-state index contributed by atoms with van der Waals surface area (Å²) >= 11 is 0. The van der Waals surface area contributed by atoms with Gasteiger partial charge >= 0.3 is 11.9 Å². The van der Waals surface area contributed by atoms with Crippen LogP contribution in [0.5, 0.6) is 0 Å². The van der Waals surface area contributed by atoms with Crippen molar-refractivity contribution in [2.45, 2.75) is 57.5 Å². The predicted octanol–water partition coefficient (Wildman–Crippen LogP) is 2.25. The highest BCUT2D eigenvalue weighted by atomic mass is 16.4. The summed E-state index contributed by atoms with van der Waals surface area (Å²) in [5.41, 5.74) is -3.41. The minimum atomic E-state index is -1.25. The first kappa shape index (κ1) is 17.7. The number of hydrogen-bond donors (Lipinski definition) is 3. The monoisotopic (exact) mass is 362 g/mol. The van der Waals surface area contributed by atoms with E-state index in [9.17, 15) is 29.7 Å². The number of aliphatic carboxylic acids is 2. The van der Waals surface area contributed by atoms with Gasteiger partial charge in [-0.05, 0) is 62.4 Å². The maximum absolute atomic E-state index is 12.5. The van der Waals surface area contributed by atoms with Crippen molar-refractivity contribution in [3.05, 3.63) is 12.2 Å². The van der Waals surface area contributed by atoms with Gasteiger partial charge in [-0.2, -0.15) is 0 Å². The summed E-state index contributed by atoms with van der Waals surface area (Å²) in [4.78, 5) is 37.1. The van der Waals surface area contributed by atoms with Gasteiger partial charge in [-0.25, -0.2) is 0 Å². The van der Waals surface area contributed by atoms with Gasteiger partial charge in [-0.15, -0.1) is 0 Å². The molecular formula is C20H26O6. The van der Waals surface area contributed by atoms with E-state index in [-0.39, 0.29) is 12.3 Å². The topological polar surface area (TPSA) is 112 Å². The Bertz CT molecular complexity index is 730. The van der Waals surface area contributed by atoms with Gasteiger partial charge in [-0.1, -0.05) is 13.0 Å². The molecule has 4 aliphatic rings. The first-order valence-electron chi connectivity index (χ1n) is 9.41. The van der Waals surface area contributed by atoms with Crippen LogP contribution in [0.15, 0.2) is 12.2 Å². The van der Waals surface area contributed by atoms with Gasteiger partial charge in [-0.3, -0.25) is 9.59 Å². The molecule has 4 saturated carbocycles. The number of aldehydes is 1. The standard InChI is InChI=1S/C20H26O6/c1-11-8-19-9-20(11,26)7-4-12(19)18(10-21)6-3-5-17(2,16(24)25)14(18)13(19)15(22)23/h10,12-14,26H,1,3-9H2,2H3,(H,22,23)(H,24,25)/t12?,13?,14?,17-,18-,19+,20+/m1/s1. The van der Waals surface area contributed by atoms with Gasteiger partial charge < -0.3 is 20.1 Å². The molecule has 7 atom stereocenters. The Morgan fingerprint density at radius 1 is 1.23 bits per heavy atom. The Balaban J connectivity index is 1.98. The minimum absolute atomic E-state index is 0.211. The second-order valence-corrected chi connectivity index (χ2v) is 9.41. The summed E-state index contributed by atoms with van der Waals surface area (Å²) in [5, 5.41) is 31.1. The van der Waals surface area contributed by atoms with Crippen LogP contribution in [0.3, 0.4) is 0 Å². The number of rotatable bonds is 3. The van der Waals surface area contributed by atoms with Crippen LogP contribution in [0, 0.1) is 34.0 Å². The van der Waals surface area contributed by atoms with Crippen LogP contribution >= 0.6 is 0 Å². The fourth-order valence-electron chi connectivity index (χ4n) is 7.63. The Kier molecular flexibility index (Phi) is 3.39. The maximum atomic E-state index is 12.5. The third kappa shape index (κ3) is 1.74. The zero-order valence-electron chi connectivity index (χ0n) is 15.0. The fraction of sp³-hybridized carbons (Fsp3) is 0.750. The van der Waals surface area contributed by atoms with Crippen molar-refractivity contribution in [2.75, 3.05) is 0 Å². The molecule has 0 saturated heterocycles. The molecule has 4 rings (SSSR count). The Morgan fingerprint density at radius 2 is 1.92 bits per heavy atom. The van der Waals surface area contributed by atoms with E-state index in [0.29, 0.717) is 44.1 Å². The molecule has 0 aromatic heterocycles. The molecule has 142 valence electrons. The Hall–Kier alpha value is -1.69. The van der Waals surface area contributed by atoms with E-state index in [4.69, 9.17) is 0 Å². The normalized spacial score (nSPS) is 52.2. The van der Waals surface area contributed by atoms with Gasteiger partial charge in [0.15, 0.2) is 0 Å². The summed E-state index contributed by atoms with van der Waals surface area (Å²) < 4.78 is 0. The molecular weight excluding hydrogens is 336 g/mol. The first-order valence-corrected chi connectivity index (χ1v) is 9.41. The SMILES string of the molecule is C=C1C[C@]23C[C@@]1(O)CCC2[C@]1(C=O)CCC[C@@](C)(C(=O)O)C1C3C(=O)O. The molecule has 3 N–H and O–H groups in total. The van der Waals surface area contributed by atoms with Crippen molar-refractivity contribution in [3.8, 4) is 0 Å². The van der Waals surface area contributed by atoms with Crippen molar-refractivity contribution in [1.82, 2.24) is 0 Å². The second-order valence-electron chi connectivity index (χ2n) is 9.41. The van der Waals surface area contributed by atoms with Crippen LogP contribution in [0.2, 0.25) is 0 Å². The minimum Gasteiger partial charge on any atom is -0.481 e. The zero-order valence-corrected chi connectivity index (χ0v) is 15.0.